The lowest BCUT2D eigenvalue weighted by Gasteiger charge is -2.09. The first-order chi connectivity index (χ1) is 12.4. The highest BCUT2D eigenvalue weighted by Gasteiger charge is 2.16. The summed E-state index contributed by atoms with van der Waals surface area (Å²) in [5.74, 6) is -1.13. The van der Waals surface area contributed by atoms with Crippen molar-refractivity contribution in [2.45, 2.75) is 29.9 Å². The zero-order valence-electron chi connectivity index (χ0n) is 14.0. The molecule has 0 spiro atoms. The topological polar surface area (TPSA) is 113 Å². The molecule has 0 saturated carbocycles. The van der Waals surface area contributed by atoms with Crippen LogP contribution in [0.5, 0.6) is 0 Å². The number of rotatable bonds is 10. The molecular weight excluding hydrogens is 376 g/mol. The highest BCUT2D eigenvalue weighted by Crippen LogP contribution is 2.20. The van der Waals surface area contributed by atoms with E-state index in [9.17, 15) is 18.0 Å². The van der Waals surface area contributed by atoms with Crippen LogP contribution in [-0.2, 0) is 14.8 Å². The van der Waals surface area contributed by atoms with E-state index in [0.717, 1.165) is 11.3 Å². The first-order valence-corrected chi connectivity index (χ1v) is 10.4. The Labute approximate surface area is 156 Å². The van der Waals surface area contributed by atoms with Crippen LogP contribution in [0.2, 0.25) is 0 Å². The molecule has 3 N–H and O–H groups in total. The number of benzene rings is 1. The van der Waals surface area contributed by atoms with Gasteiger partial charge in [-0.2, -0.15) is 0 Å². The van der Waals surface area contributed by atoms with Crippen molar-refractivity contribution >= 4 is 38.9 Å². The van der Waals surface area contributed by atoms with E-state index >= 15 is 0 Å². The van der Waals surface area contributed by atoms with Crippen molar-refractivity contribution in [2.75, 3.05) is 11.3 Å². The molecule has 26 heavy (non-hydrogen) atoms. The summed E-state index contributed by atoms with van der Waals surface area (Å²) in [5.41, 5.74) is 0.662. The highest BCUT2D eigenvalue weighted by atomic mass is 32.2. The van der Waals surface area contributed by atoms with Gasteiger partial charge >= 0.3 is 5.97 Å². The van der Waals surface area contributed by atoms with E-state index in [1.165, 1.54) is 12.1 Å². The quantitative estimate of drug-likeness (QED) is 0.535. The molecular formula is C17H20N2O5S2. The summed E-state index contributed by atoms with van der Waals surface area (Å²) in [6.45, 7) is 0.434. The Bertz CT molecular complexity index is 848. The van der Waals surface area contributed by atoms with E-state index in [0.29, 0.717) is 37.1 Å². The van der Waals surface area contributed by atoms with E-state index < -0.39 is 16.0 Å². The number of carboxylic acids is 1. The minimum absolute atomic E-state index is 0.125. The van der Waals surface area contributed by atoms with Gasteiger partial charge in [0.1, 0.15) is 4.21 Å². The van der Waals surface area contributed by atoms with Gasteiger partial charge in [-0.25, -0.2) is 8.42 Å². The predicted octanol–water partition coefficient (Wildman–Crippen LogP) is 2.92. The average Bonchev–Trinajstić information content (AvgIpc) is 3.13. The lowest BCUT2D eigenvalue weighted by atomic mass is 10.1. The smallest absolute Gasteiger partial charge is 0.303 e. The molecule has 0 radical (unpaired) electrons. The molecule has 0 unspecified atom stereocenters. The molecule has 2 aromatic rings. The summed E-state index contributed by atoms with van der Waals surface area (Å²) in [6.07, 6.45) is 2.10. The fourth-order valence-corrected chi connectivity index (χ4v) is 4.27. The molecule has 1 aromatic heterocycles. The van der Waals surface area contributed by atoms with Crippen molar-refractivity contribution in [1.82, 2.24) is 5.32 Å². The van der Waals surface area contributed by atoms with Crippen LogP contribution in [-0.4, -0.2) is 31.9 Å². The normalized spacial score (nSPS) is 11.1. The second-order valence-electron chi connectivity index (χ2n) is 5.58. The fraction of sp³-hybridized carbons (Fsp3) is 0.294. The molecule has 0 saturated heterocycles. The SMILES string of the molecule is O=C(O)CCCCCNC(=O)c1cccc(NS(=O)(=O)c2cccs2)c1. The second-order valence-corrected chi connectivity index (χ2v) is 8.44. The Balaban J connectivity index is 1.88. The number of carboxylic acid groups (broad SMARTS) is 1. The highest BCUT2D eigenvalue weighted by molar-refractivity contribution is 7.94. The molecule has 2 rings (SSSR count). The van der Waals surface area contributed by atoms with Gasteiger partial charge in [-0.05, 0) is 42.5 Å². The summed E-state index contributed by atoms with van der Waals surface area (Å²) in [6, 6.07) is 9.42. The number of sulfonamides is 1. The molecule has 0 aliphatic heterocycles. The number of hydrogen-bond acceptors (Lipinski definition) is 5. The molecule has 7 nitrogen and oxygen atoms in total. The molecule has 0 fully saturated rings. The standard InChI is InChI=1S/C17H20N2O5S2/c20-15(21)8-2-1-3-10-18-17(22)13-6-4-7-14(12-13)19-26(23,24)16-9-5-11-25-16/h4-7,9,11-12,19H,1-3,8,10H2,(H,18,22)(H,20,21). The number of thiophene rings is 1. The van der Waals surface area contributed by atoms with Gasteiger partial charge in [-0.3, -0.25) is 14.3 Å². The van der Waals surface area contributed by atoms with Crippen LogP contribution in [0.1, 0.15) is 36.0 Å². The summed E-state index contributed by atoms with van der Waals surface area (Å²) in [4.78, 5) is 22.6. The third-order valence-corrected chi connectivity index (χ3v) is 6.27. The Hall–Kier alpha value is -2.39. The van der Waals surface area contributed by atoms with Crippen molar-refractivity contribution < 1.29 is 23.1 Å². The molecule has 0 aliphatic carbocycles. The van der Waals surface area contributed by atoms with Crippen LogP contribution in [0.3, 0.4) is 0 Å². The molecule has 0 atom stereocenters. The molecule has 9 heteroatoms. The van der Waals surface area contributed by atoms with Crippen LogP contribution in [0, 0.1) is 0 Å². The van der Waals surface area contributed by atoms with Crippen LogP contribution in [0.15, 0.2) is 46.0 Å². The zero-order valence-corrected chi connectivity index (χ0v) is 15.6. The van der Waals surface area contributed by atoms with Crippen molar-refractivity contribution in [3.63, 3.8) is 0 Å². The third-order valence-electron chi connectivity index (χ3n) is 3.49. The molecule has 140 valence electrons. The maximum Gasteiger partial charge on any atom is 0.303 e. The van der Waals surface area contributed by atoms with Gasteiger partial charge in [0.2, 0.25) is 0 Å². The number of aliphatic carboxylic acids is 1. The maximum atomic E-state index is 12.2. The van der Waals surface area contributed by atoms with Crippen molar-refractivity contribution in [1.29, 1.82) is 0 Å². The Morgan fingerprint density at radius 1 is 1.08 bits per heavy atom. The molecule has 1 amide bonds. The fourth-order valence-electron chi connectivity index (χ4n) is 2.23. The van der Waals surface area contributed by atoms with Gasteiger partial charge in [-0.15, -0.1) is 11.3 Å². The number of hydrogen-bond donors (Lipinski definition) is 3. The van der Waals surface area contributed by atoms with Crippen molar-refractivity contribution in [3.8, 4) is 0 Å². The monoisotopic (exact) mass is 396 g/mol. The molecule has 0 aliphatic rings. The number of nitrogens with one attached hydrogen (secondary N) is 2. The van der Waals surface area contributed by atoms with Crippen LogP contribution in [0.4, 0.5) is 5.69 Å². The van der Waals surface area contributed by atoms with Crippen LogP contribution < -0.4 is 10.0 Å². The minimum atomic E-state index is -3.66. The van der Waals surface area contributed by atoms with Gasteiger partial charge < -0.3 is 10.4 Å². The van der Waals surface area contributed by atoms with Crippen molar-refractivity contribution in [3.05, 3.63) is 47.3 Å². The van der Waals surface area contributed by atoms with E-state index in [-0.39, 0.29) is 16.5 Å². The summed E-state index contributed by atoms with van der Waals surface area (Å²) < 4.78 is 27.1. The number of amides is 1. The Morgan fingerprint density at radius 3 is 2.58 bits per heavy atom. The van der Waals surface area contributed by atoms with E-state index in [1.54, 1.807) is 29.6 Å². The minimum Gasteiger partial charge on any atom is -0.481 e. The molecule has 1 heterocycles. The van der Waals surface area contributed by atoms with E-state index in [4.69, 9.17) is 5.11 Å². The summed E-state index contributed by atoms with van der Waals surface area (Å²) >= 11 is 1.11. The summed E-state index contributed by atoms with van der Waals surface area (Å²) in [7, 11) is -3.66. The van der Waals surface area contributed by atoms with E-state index in [2.05, 4.69) is 10.0 Å². The molecule has 0 bridgehead atoms. The predicted molar refractivity (Wildman–Crippen MR) is 100 cm³/mol. The largest absolute Gasteiger partial charge is 0.481 e. The van der Waals surface area contributed by atoms with Crippen LogP contribution in [0.25, 0.3) is 0 Å². The number of anilines is 1. The number of carbonyl (C=O) groups excluding carboxylic acids is 1. The molecule has 1 aromatic carbocycles. The van der Waals surface area contributed by atoms with Gasteiger partial charge in [-0.1, -0.05) is 18.6 Å². The third kappa shape index (κ3) is 6.16. The van der Waals surface area contributed by atoms with Gasteiger partial charge in [0, 0.05) is 24.2 Å². The maximum absolute atomic E-state index is 12.2. The van der Waals surface area contributed by atoms with Crippen molar-refractivity contribution in [2.24, 2.45) is 0 Å². The van der Waals surface area contributed by atoms with E-state index in [1.807, 2.05) is 0 Å². The first-order valence-electron chi connectivity index (χ1n) is 8.05. The zero-order chi connectivity index (χ0) is 19.0. The number of unbranched alkanes of at least 4 members (excludes halogenated alkanes) is 2. The van der Waals surface area contributed by atoms with Gasteiger partial charge in [0.25, 0.3) is 15.9 Å². The Kier molecular flexibility index (Phi) is 7.16. The van der Waals surface area contributed by atoms with Gasteiger partial charge in [0.05, 0.1) is 0 Å². The second kappa shape index (κ2) is 9.35. The average molecular weight is 396 g/mol. The van der Waals surface area contributed by atoms with Crippen LogP contribution >= 0.6 is 11.3 Å². The first kappa shape index (κ1) is 19.9. The summed E-state index contributed by atoms with van der Waals surface area (Å²) in [5, 5.41) is 13.0. The lowest BCUT2D eigenvalue weighted by Crippen LogP contribution is -2.24. The van der Waals surface area contributed by atoms with Gasteiger partial charge in [0.15, 0.2) is 0 Å². The Morgan fingerprint density at radius 2 is 1.88 bits per heavy atom. The number of carbonyl (C=O) groups is 2. The lowest BCUT2D eigenvalue weighted by molar-refractivity contribution is -0.137.